The molecule has 0 aromatic heterocycles. The van der Waals surface area contributed by atoms with Crippen molar-refractivity contribution in [3.05, 3.63) is 54.1 Å². The summed E-state index contributed by atoms with van der Waals surface area (Å²) < 4.78 is 5.61. The van der Waals surface area contributed by atoms with Crippen LogP contribution in [0.1, 0.15) is 24.2 Å². The number of benzene rings is 2. The van der Waals surface area contributed by atoms with Crippen molar-refractivity contribution in [1.82, 2.24) is 0 Å². The molecule has 0 saturated carbocycles. The fourth-order valence-electron chi connectivity index (χ4n) is 1.89. The summed E-state index contributed by atoms with van der Waals surface area (Å²) in [7, 11) is 0. The number of para-hydroxylation sites is 1. The average molecular weight is 240 g/mol. The van der Waals surface area contributed by atoms with Crippen molar-refractivity contribution in [2.24, 2.45) is 0 Å². The Morgan fingerprint density at radius 3 is 2.61 bits per heavy atom. The number of ketones is 1. The third-order valence-electron chi connectivity index (χ3n) is 2.77. The SMILES string of the molecule is CCOc1ccccc1-c1cccc(C(C)=O)c1. The van der Waals surface area contributed by atoms with Crippen molar-refractivity contribution >= 4 is 5.78 Å². The lowest BCUT2D eigenvalue weighted by atomic mass is 10.0. The topological polar surface area (TPSA) is 26.3 Å². The number of carbonyl (C=O) groups is 1. The normalized spacial score (nSPS) is 10.1. The van der Waals surface area contributed by atoms with Crippen molar-refractivity contribution in [3.63, 3.8) is 0 Å². The van der Waals surface area contributed by atoms with Gasteiger partial charge in [0.05, 0.1) is 6.61 Å². The molecule has 0 spiro atoms. The summed E-state index contributed by atoms with van der Waals surface area (Å²) in [6.07, 6.45) is 0. The lowest BCUT2D eigenvalue weighted by Crippen LogP contribution is -1.95. The molecule has 18 heavy (non-hydrogen) atoms. The van der Waals surface area contributed by atoms with Crippen LogP contribution in [0.2, 0.25) is 0 Å². The van der Waals surface area contributed by atoms with Crippen LogP contribution in [0, 0.1) is 0 Å². The van der Waals surface area contributed by atoms with Crippen molar-refractivity contribution in [1.29, 1.82) is 0 Å². The van der Waals surface area contributed by atoms with Gasteiger partial charge in [0.25, 0.3) is 0 Å². The molecule has 0 unspecified atom stereocenters. The van der Waals surface area contributed by atoms with Gasteiger partial charge in [-0.3, -0.25) is 4.79 Å². The first-order chi connectivity index (χ1) is 8.72. The molecule has 0 aliphatic rings. The van der Waals surface area contributed by atoms with Gasteiger partial charge in [-0.1, -0.05) is 36.4 Å². The van der Waals surface area contributed by atoms with Gasteiger partial charge in [0, 0.05) is 11.1 Å². The highest BCUT2D eigenvalue weighted by molar-refractivity contribution is 5.95. The van der Waals surface area contributed by atoms with E-state index in [0.717, 1.165) is 22.4 Å². The Balaban J connectivity index is 2.48. The quantitative estimate of drug-likeness (QED) is 0.756. The van der Waals surface area contributed by atoms with E-state index in [9.17, 15) is 4.79 Å². The highest BCUT2D eigenvalue weighted by Gasteiger charge is 2.07. The largest absolute Gasteiger partial charge is 0.493 e. The van der Waals surface area contributed by atoms with Crippen molar-refractivity contribution in [2.75, 3.05) is 6.61 Å². The van der Waals surface area contributed by atoms with Crippen molar-refractivity contribution in [2.45, 2.75) is 13.8 Å². The molecule has 2 nitrogen and oxygen atoms in total. The molecule has 0 atom stereocenters. The van der Waals surface area contributed by atoms with Crippen molar-refractivity contribution < 1.29 is 9.53 Å². The van der Waals surface area contributed by atoms with Crippen LogP contribution >= 0.6 is 0 Å². The lowest BCUT2D eigenvalue weighted by molar-refractivity contribution is 0.101. The third kappa shape index (κ3) is 2.59. The number of Topliss-reactive ketones (excluding diaryl/α,β-unsaturated/α-hetero) is 1. The summed E-state index contributed by atoms with van der Waals surface area (Å²) in [6.45, 7) is 4.17. The Hall–Kier alpha value is -2.09. The smallest absolute Gasteiger partial charge is 0.159 e. The maximum atomic E-state index is 11.4. The molecule has 2 rings (SSSR count). The van der Waals surface area contributed by atoms with Gasteiger partial charge in [-0.2, -0.15) is 0 Å². The van der Waals surface area contributed by atoms with Crippen molar-refractivity contribution in [3.8, 4) is 16.9 Å². The molecule has 0 bridgehead atoms. The van der Waals surface area contributed by atoms with Gasteiger partial charge in [0.1, 0.15) is 5.75 Å². The fourth-order valence-corrected chi connectivity index (χ4v) is 1.89. The summed E-state index contributed by atoms with van der Waals surface area (Å²) in [5, 5.41) is 0. The van der Waals surface area contributed by atoms with E-state index >= 15 is 0 Å². The first-order valence-corrected chi connectivity index (χ1v) is 6.05. The minimum Gasteiger partial charge on any atom is -0.493 e. The van der Waals surface area contributed by atoms with E-state index in [0.29, 0.717) is 6.61 Å². The van der Waals surface area contributed by atoms with Crippen LogP contribution in [0.25, 0.3) is 11.1 Å². The molecule has 0 saturated heterocycles. The number of carbonyl (C=O) groups excluding carboxylic acids is 1. The molecule has 0 amide bonds. The minimum absolute atomic E-state index is 0.0748. The first-order valence-electron chi connectivity index (χ1n) is 6.05. The maximum absolute atomic E-state index is 11.4. The van der Waals surface area contributed by atoms with E-state index in [2.05, 4.69) is 0 Å². The second-order valence-electron chi connectivity index (χ2n) is 4.07. The highest BCUT2D eigenvalue weighted by Crippen LogP contribution is 2.30. The van der Waals surface area contributed by atoms with E-state index in [1.165, 1.54) is 0 Å². The Kier molecular flexibility index (Phi) is 3.78. The first kappa shape index (κ1) is 12.4. The van der Waals surface area contributed by atoms with E-state index < -0.39 is 0 Å². The monoisotopic (exact) mass is 240 g/mol. The maximum Gasteiger partial charge on any atom is 0.159 e. The van der Waals surface area contributed by atoms with E-state index in [1.54, 1.807) is 6.92 Å². The number of hydrogen-bond acceptors (Lipinski definition) is 2. The number of rotatable bonds is 4. The second kappa shape index (κ2) is 5.50. The van der Waals surface area contributed by atoms with Gasteiger partial charge in [-0.15, -0.1) is 0 Å². The van der Waals surface area contributed by atoms with E-state index in [1.807, 2.05) is 55.5 Å². The van der Waals surface area contributed by atoms with Crippen LogP contribution in [-0.2, 0) is 0 Å². The Morgan fingerprint density at radius 1 is 1.11 bits per heavy atom. The summed E-state index contributed by atoms with van der Waals surface area (Å²) >= 11 is 0. The third-order valence-corrected chi connectivity index (χ3v) is 2.77. The van der Waals surface area contributed by atoms with Crippen LogP contribution in [0.5, 0.6) is 5.75 Å². The zero-order chi connectivity index (χ0) is 13.0. The molecular weight excluding hydrogens is 224 g/mol. The van der Waals surface area contributed by atoms with Crippen LogP contribution in [0.4, 0.5) is 0 Å². The molecule has 0 aliphatic carbocycles. The minimum atomic E-state index is 0.0748. The van der Waals surface area contributed by atoms with Gasteiger partial charge in [0.2, 0.25) is 0 Å². The summed E-state index contributed by atoms with van der Waals surface area (Å²) in [6, 6.07) is 15.5. The fraction of sp³-hybridized carbons (Fsp3) is 0.188. The lowest BCUT2D eigenvalue weighted by Gasteiger charge is -2.10. The predicted octanol–water partition coefficient (Wildman–Crippen LogP) is 3.95. The molecule has 0 N–H and O–H groups in total. The Labute approximate surface area is 107 Å². The summed E-state index contributed by atoms with van der Waals surface area (Å²) in [4.78, 5) is 11.4. The number of hydrogen-bond donors (Lipinski definition) is 0. The van der Waals surface area contributed by atoms with Gasteiger partial charge >= 0.3 is 0 Å². The van der Waals surface area contributed by atoms with Gasteiger partial charge in [-0.05, 0) is 31.5 Å². The molecule has 2 aromatic rings. The van der Waals surface area contributed by atoms with Gasteiger partial charge < -0.3 is 4.74 Å². The molecule has 92 valence electrons. The average Bonchev–Trinajstić information content (AvgIpc) is 2.40. The summed E-state index contributed by atoms with van der Waals surface area (Å²) in [5.74, 6) is 0.923. The number of ether oxygens (including phenoxy) is 1. The highest BCUT2D eigenvalue weighted by atomic mass is 16.5. The standard InChI is InChI=1S/C16H16O2/c1-3-18-16-10-5-4-9-15(16)14-8-6-7-13(11-14)12(2)17/h4-11H,3H2,1-2H3. The molecule has 0 aliphatic heterocycles. The Bertz CT molecular complexity index is 559. The molecule has 0 radical (unpaired) electrons. The van der Waals surface area contributed by atoms with Gasteiger partial charge in [-0.25, -0.2) is 0 Å². The van der Waals surface area contributed by atoms with Crippen LogP contribution in [0.15, 0.2) is 48.5 Å². The molecule has 0 fully saturated rings. The molecule has 2 heteroatoms. The predicted molar refractivity (Wildman–Crippen MR) is 73.1 cm³/mol. The zero-order valence-electron chi connectivity index (χ0n) is 10.6. The second-order valence-corrected chi connectivity index (χ2v) is 4.07. The van der Waals surface area contributed by atoms with Crippen LogP contribution < -0.4 is 4.74 Å². The van der Waals surface area contributed by atoms with E-state index in [-0.39, 0.29) is 5.78 Å². The van der Waals surface area contributed by atoms with Gasteiger partial charge in [0.15, 0.2) is 5.78 Å². The molecule has 2 aromatic carbocycles. The summed E-state index contributed by atoms with van der Waals surface area (Å²) in [5.41, 5.74) is 2.74. The Morgan fingerprint density at radius 2 is 1.89 bits per heavy atom. The van der Waals surface area contributed by atoms with Crippen LogP contribution in [-0.4, -0.2) is 12.4 Å². The molecular formula is C16H16O2. The van der Waals surface area contributed by atoms with E-state index in [4.69, 9.17) is 4.74 Å². The zero-order valence-corrected chi connectivity index (χ0v) is 10.6. The van der Waals surface area contributed by atoms with Crippen LogP contribution in [0.3, 0.4) is 0 Å². The molecule has 0 heterocycles.